The number of nitro benzene ring substituents is 1. The van der Waals surface area contributed by atoms with Gasteiger partial charge < -0.3 is 14.8 Å². The van der Waals surface area contributed by atoms with Gasteiger partial charge in [0.15, 0.2) is 0 Å². The number of methoxy groups -OCH3 is 2. The molecule has 0 saturated carbocycles. The molecule has 1 amide bonds. The molecule has 1 N–H and O–H groups in total. The van der Waals surface area contributed by atoms with Crippen LogP contribution in [-0.2, 0) is 14.8 Å². The Balaban J connectivity index is 2.39. The van der Waals surface area contributed by atoms with Crippen LogP contribution in [0.3, 0.4) is 0 Å². The first-order chi connectivity index (χ1) is 13.2. The molecule has 0 aliphatic heterocycles. The number of hydrogen-bond acceptors (Lipinski definition) is 7. The van der Waals surface area contributed by atoms with E-state index < -0.39 is 27.4 Å². The molecule has 10 nitrogen and oxygen atoms in total. The first-order valence-corrected chi connectivity index (χ1v) is 9.75. The zero-order valence-corrected chi connectivity index (χ0v) is 16.2. The fourth-order valence-corrected chi connectivity index (χ4v) is 3.29. The highest BCUT2D eigenvalue weighted by atomic mass is 32.2. The SMILES string of the molecule is COc1ccccc1NC(=O)CN(c1cc([N+](=O)[O-])ccc1OC)S(C)(=O)=O. The molecule has 2 rings (SSSR count). The lowest BCUT2D eigenvalue weighted by Gasteiger charge is -2.23. The van der Waals surface area contributed by atoms with E-state index in [2.05, 4.69) is 5.32 Å². The van der Waals surface area contributed by atoms with Crippen molar-refractivity contribution in [3.8, 4) is 11.5 Å². The van der Waals surface area contributed by atoms with Crippen LogP contribution in [0.1, 0.15) is 0 Å². The minimum absolute atomic E-state index is 0.0705. The first-order valence-electron chi connectivity index (χ1n) is 7.90. The third-order valence-electron chi connectivity index (χ3n) is 3.71. The summed E-state index contributed by atoms with van der Waals surface area (Å²) in [5.74, 6) is -0.195. The summed E-state index contributed by atoms with van der Waals surface area (Å²) in [5, 5.41) is 13.6. The van der Waals surface area contributed by atoms with Crippen LogP contribution in [0.4, 0.5) is 17.1 Å². The molecule has 0 bridgehead atoms. The van der Waals surface area contributed by atoms with Gasteiger partial charge in [0.05, 0.1) is 31.1 Å². The lowest BCUT2D eigenvalue weighted by atomic mass is 10.2. The van der Waals surface area contributed by atoms with Crippen LogP contribution in [0.25, 0.3) is 0 Å². The number of para-hydroxylation sites is 2. The van der Waals surface area contributed by atoms with Crippen LogP contribution in [0.2, 0.25) is 0 Å². The molecule has 2 aromatic rings. The number of hydrogen-bond donors (Lipinski definition) is 1. The summed E-state index contributed by atoms with van der Waals surface area (Å²) < 4.78 is 35.6. The van der Waals surface area contributed by atoms with Gasteiger partial charge in [-0.15, -0.1) is 0 Å². The Kier molecular flexibility index (Phi) is 6.41. The zero-order chi connectivity index (χ0) is 20.9. The zero-order valence-electron chi connectivity index (χ0n) is 15.4. The largest absolute Gasteiger partial charge is 0.495 e. The van der Waals surface area contributed by atoms with Crippen molar-refractivity contribution in [1.82, 2.24) is 0 Å². The molecule has 0 unspecified atom stereocenters. The van der Waals surface area contributed by atoms with E-state index in [0.717, 1.165) is 16.6 Å². The normalized spacial score (nSPS) is 10.8. The maximum absolute atomic E-state index is 12.5. The van der Waals surface area contributed by atoms with E-state index in [0.29, 0.717) is 11.4 Å². The second-order valence-corrected chi connectivity index (χ2v) is 7.54. The van der Waals surface area contributed by atoms with Crippen molar-refractivity contribution in [3.63, 3.8) is 0 Å². The molecular weight excluding hydrogens is 390 g/mol. The summed E-state index contributed by atoms with van der Waals surface area (Å²) in [7, 11) is -1.23. The molecule has 0 heterocycles. The Morgan fingerprint density at radius 3 is 2.36 bits per heavy atom. The van der Waals surface area contributed by atoms with Gasteiger partial charge in [-0.1, -0.05) is 12.1 Å². The third-order valence-corrected chi connectivity index (χ3v) is 4.84. The summed E-state index contributed by atoms with van der Waals surface area (Å²) in [5.41, 5.74) is -0.0987. The van der Waals surface area contributed by atoms with Crippen LogP contribution in [-0.4, -0.2) is 46.3 Å². The number of benzene rings is 2. The lowest BCUT2D eigenvalue weighted by Crippen LogP contribution is -2.37. The average Bonchev–Trinajstić information content (AvgIpc) is 2.65. The summed E-state index contributed by atoms with van der Waals surface area (Å²) in [6.07, 6.45) is 0.891. The molecule has 0 aliphatic rings. The third kappa shape index (κ3) is 4.88. The van der Waals surface area contributed by atoms with Crippen molar-refractivity contribution in [3.05, 3.63) is 52.6 Å². The van der Waals surface area contributed by atoms with Gasteiger partial charge >= 0.3 is 0 Å². The summed E-state index contributed by atoms with van der Waals surface area (Å²) in [6, 6.07) is 10.1. The van der Waals surface area contributed by atoms with E-state index in [1.54, 1.807) is 24.3 Å². The van der Waals surface area contributed by atoms with Crippen molar-refractivity contribution in [2.75, 3.05) is 36.6 Å². The number of carbonyl (C=O) groups excluding carboxylic acids is 1. The molecular formula is C17H19N3O7S. The van der Waals surface area contributed by atoms with Crippen LogP contribution in [0.15, 0.2) is 42.5 Å². The standard InChI is InChI=1S/C17H19N3O7S/c1-26-15-7-5-4-6-13(15)18-17(21)11-19(28(3,24)25)14-10-12(20(22)23)8-9-16(14)27-2/h4-10H,11H2,1-3H3,(H,18,21). The second-order valence-electron chi connectivity index (χ2n) is 5.63. The number of carbonyl (C=O) groups is 1. The van der Waals surface area contributed by atoms with E-state index in [1.165, 1.54) is 26.4 Å². The minimum atomic E-state index is -3.96. The highest BCUT2D eigenvalue weighted by Gasteiger charge is 2.26. The molecule has 150 valence electrons. The number of non-ortho nitro benzene ring substituents is 1. The Labute approximate surface area is 161 Å². The molecule has 11 heteroatoms. The smallest absolute Gasteiger partial charge is 0.271 e. The fourth-order valence-electron chi connectivity index (χ4n) is 2.44. The maximum atomic E-state index is 12.5. The van der Waals surface area contributed by atoms with Crippen molar-refractivity contribution >= 4 is 33.0 Å². The minimum Gasteiger partial charge on any atom is -0.495 e. The topological polar surface area (TPSA) is 128 Å². The first kappa shape index (κ1) is 21.0. The van der Waals surface area contributed by atoms with Crippen LogP contribution >= 0.6 is 0 Å². The Bertz CT molecular complexity index is 992. The molecule has 0 saturated heterocycles. The van der Waals surface area contributed by atoms with Gasteiger partial charge in [-0.05, 0) is 18.2 Å². The predicted molar refractivity (Wildman–Crippen MR) is 103 cm³/mol. The number of ether oxygens (including phenoxy) is 2. The lowest BCUT2D eigenvalue weighted by molar-refractivity contribution is -0.384. The van der Waals surface area contributed by atoms with Gasteiger partial charge in [-0.2, -0.15) is 0 Å². The summed E-state index contributed by atoms with van der Waals surface area (Å²) >= 11 is 0. The van der Waals surface area contributed by atoms with Gasteiger partial charge in [0.25, 0.3) is 5.69 Å². The van der Waals surface area contributed by atoms with Gasteiger partial charge in [-0.3, -0.25) is 19.2 Å². The van der Waals surface area contributed by atoms with E-state index in [4.69, 9.17) is 9.47 Å². The quantitative estimate of drug-likeness (QED) is 0.522. The summed E-state index contributed by atoms with van der Waals surface area (Å²) in [4.78, 5) is 22.9. The number of anilines is 2. The molecule has 0 aromatic heterocycles. The van der Waals surface area contributed by atoms with E-state index in [1.807, 2.05) is 0 Å². The highest BCUT2D eigenvalue weighted by molar-refractivity contribution is 7.92. The van der Waals surface area contributed by atoms with Crippen LogP contribution in [0, 0.1) is 10.1 Å². The number of sulfonamides is 1. The molecule has 0 aliphatic carbocycles. The number of nitro groups is 1. The second kappa shape index (κ2) is 8.57. The van der Waals surface area contributed by atoms with Crippen molar-refractivity contribution in [2.45, 2.75) is 0 Å². The Hall–Kier alpha value is -3.34. The molecule has 0 fully saturated rings. The molecule has 28 heavy (non-hydrogen) atoms. The summed E-state index contributed by atoms with van der Waals surface area (Å²) in [6.45, 7) is -0.617. The molecule has 0 radical (unpaired) electrons. The number of nitrogens with one attached hydrogen (secondary N) is 1. The number of rotatable bonds is 8. The van der Waals surface area contributed by atoms with Gasteiger partial charge in [0.2, 0.25) is 15.9 Å². The Morgan fingerprint density at radius 1 is 1.14 bits per heavy atom. The van der Waals surface area contributed by atoms with Crippen LogP contribution < -0.4 is 19.1 Å². The number of amides is 1. The van der Waals surface area contributed by atoms with Crippen molar-refractivity contribution in [1.29, 1.82) is 0 Å². The van der Waals surface area contributed by atoms with Gasteiger partial charge in [0.1, 0.15) is 23.7 Å². The van der Waals surface area contributed by atoms with Crippen molar-refractivity contribution < 1.29 is 27.6 Å². The predicted octanol–water partition coefficient (Wildman–Crippen LogP) is 2.02. The van der Waals surface area contributed by atoms with E-state index in [9.17, 15) is 23.3 Å². The number of nitrogens with zero attached hydrogens (tertiary/aromatic N) is 2. The van der Waals surface area contributed by atoms with E-state index >= 15 is 0 Å². The molecule has 2 aromatic carbocycles. The molecule has 0 spiro atoms. The van der Waals surface area contributed by atoms with Gasteiger partial charge in [0, 0.05) is 12.1 Å². The monoisotopic (exact) mass is 409 g/mol. The van der Waals surface area contributed by atoms with E-state index in [-0.39, 0.29) is 17.1 Å². The van der Waals surface area contributed by atoms with Gasteiger partial charge in [-0.25, -0.2) is 8.42 Å². The fraction of sp³-hybridized carbons (Fsp3) is 0.235. The highest BCUT2D eigenvalue weighted by Crippen LogP contribution is 2.33. The van der Waals surface area contributed by atoms with Crippen molar-refractivity contribution in [2.24, 2.45) is 0 Å². The Morgan fingerprint density at radius 2 is 1.79 bits per heavy atom. The maximum Gasteiger partial charge on any atom is 0.271 e. The average molecular weight is 409 g/mol. The van der Waals surface area contributed by atoms with Crippen LogP contribution in [0.5, 0.6) is 11.5 Å². The molecule has 0 atom stereocenters.